The molecule has 4 aromatic heterocycles. The number of nitrogens with zero attached hydrogens (tertiary/aromatic N) is 5. The fraction of sp³-hybridized carbons (Fsp3) is 0.297. The van der Waals surface area contributed by atoms with Crippen LogP contribution in [-0.4, -0.2) is 61.6 Å². The van der Waals surface area contributed by atoms with Crippen molar-refractivity contribution in [2.45, 2.75) is 69.4 Å². The second kappa shape index (κ2) is 14.8. The molecule has 56 heavy (non-hydrogen) atoms. The van der Waals surface area contributed by atoms with Crippen LogP contribution in [0.2, 0.25) is 18.1 Å². The molecule has 0 saturated heterocycles. The maximum Gasteiger partial charge on any atom is 0.534 e. The molecule has 19 heteroatoms. The third-order valence-corrected chi connectivity index (χ3v) is 16.9. The highest BCUT2D eigenvalue weighted by Crippen LogP contribution is 2.39. The number of pyridine rings is 2. The lowest BCUT2D eigenvalue weighted by atomic mass is 10.0. The number of halogens is 3. The number of rotatable bonds is 12. The van der Waals surface area contributed by atoms with E-state index in [1.54, 1.807) is 50.5 Å². The van der Waals surface area contributed by atoms with Crippen LogP contribution in [0.15, 0.2) is 84.1 Å². The Kier molecular flexibility index (Phi) is 10.7. The van der Waals surface area contributed by atoms with Crippen molar-refractivity contribution in [3.05, 3.63) is 96.1 Å². The van der Waals surface area contributed by atoms with E-state index in [1.165, 1.54) is 18.3 Å². The van der Waals surface area contributed by atoms with Crippen molar-refractivity contribution in [2.75, 3.05) is 17.7 Å². The number of alkyl halides is 3. The summed E-state index contributed by atoms with van der Waals surface area (Å²) in [6.45, 7) is 13.1. The van der Waals surface area contributed by atoms with Gasteiger partial charge in [-0.3, -0.25) is 9.97 Å². The maximum absolute atomic E-state index is 14.4. The van der Waals surface area contributed by atoms with Gasteiger partial charge < -0.3 is 19.2 Å². The Labute approximate surface area is 323 Å². The Morgan fingerprint density at radius 3 is 2.34 bits per heavy atom. The fourth-order valence-electron chi connectivity index (χ4n) is 5.56. The minimum absolute atomic E-state index is 0.0278. The zero-order valence-electron chi connectivity index (χ0n) is 31.6. The zero-order chi connectivity index (χ0) is 40.8. The SMILES string of the molecule is CNc1nc(NCc2cc(CO[Si](C)(C)C(C)(C)C)ccn2)c2c(-c3ccc4ncc(OS(=O)(=O)C(F)(F)F)cc4c3)cn(S(=O)(=O)c3ccccc3C)c2n1. The van der Waals surface area contributed by atoms with Crippen molar-refractivity contribution in [3.8, 4) is 16.9 Å². The molecule has 2 N–H and O–H groups in total. The van der Waals surface area contributed by atoms with Crippen molar-refractivity contribution in [1.29, 1.82) is 0 Å². The van der Waals surface area contributed by atoms with Crippen LogP contribution in [0.4, 0.5) is 24.9 Å². The lowest BCUT2D eigenvalue weighted by molar-refractivity contribution is -0.0500. The molecule has 6 rings (SSSR count). The highest BCUT2D eigenvalue weighted by atomic mass is 32.2. The summed E-state index contributed by atoms with van der Waals surface area (Å²) in [5.74, 6) is -0.291. The molecule has 0 fully saturated rings. The molecule has 0 aliphatic heterocycles. The van der Waals surface area contributed by atoms with Gasteiger partial charge in [0.05, 0.1) is 40.8 Å². The standard InChI is InChI=1S/C37H40F3N7O6S2Si/c1-23-10-8-9-11-31(23)54(48,49)47-21-29(25-12-13-30-26(17-25)18-28(20-43-30)53-55(50,51)37(38,39)40)32-33(45-35(41-5)46-34(32)47)44-19-27-16-24(14-15-42-27)22-52-56(6,7)36(2,3)4/h8-18,20-21H,19,22H2,1-7H3,(H2,41,44,45,46). The maximum atomic E-state index is 14.4. The first-order valence-corrected chi connectivity index (χ1v) is 23.0. The number of anilines is 2. The van der Waals surface area contributed by atoms with Gasteiger partial charge in [-0.1, -0.05) is 45.0 Å². The Bertz CT molecular complexity index is 2680. The first-order valence-electron chi connectivity index (χ1n) is 17.3. The monoisotopic (exact) mass is 827 g/mol. The van der Waals surface area contributed by atoms with E-state index in [2.05, 4.69) is 68.6 Å². The molecule has 0 aliphatic carbocycles. The van der Waals surface area contributed by atoms with E-state index in [0.717, 1.165) is 21.8 Å². The number of aromatic nitrogens is 5. The molecule has 0 amide bonds. The van der Waals surface area contributed by atoms with Gasteiger partial charge >= 0.3 is 15.6 Å². The summed E-state index contributed by atoms with van der Waals surface area (Å²) in [5.41, 5.74) is -2.51. The summed E-state index contributed by atoms with van der Waals surface area (Å²) < 4.78 is 103. The zero-order valence-corrected chi connectivity index (χ0v) is 34.2. The molecule has 0 bridgehead atoms. The van der Waals surface area contributed by atoms with Gasteiger partial charge in [0, 0.05) is 30.4 Å². The Morgan fingerprint density at radius 1 is 0.929 bits per heavy atom. The van der Waals surface area contributed by atoms with E-state index in [-0.39, 0.29) is 39.3 Å². The molecule has 6 aromatic rings. The Morgan fingerprint density at radius 2 is 1.66 bits per heavy atom. The van der Waals surface area contributed by atoms with Gasteiger partial charge in [-0.25, -0.2) is 12.4 Å². The first kappa shape index (κ1) is 40.5. The third-order valence-electron chi connectivity index (χ3n) is 9.65. The average molecular weight is 828 g/mol. The molecule has 13 nitrogen and oxygen atoms in total. The summed E-state index contributed by atoms with van der Waals surface area (Å²) in [5, 5.41) is 6.76. The number of hydrogen-bond donors (Lipinski definition) is 2. The topological polar surface area (TPSA) is 167 Å². The Hall–Kier alpha value is -5.11. The van der Waals surface area contributed by atoms with Crippen molar-refractivity contribution < 1.29 is 38.6 Å². The fourth-order valence-corrected chi connectivity index (χ4v) is 8.50. The van der Waals surface area contributed by atoms with E-state index in [9.17, 15) is 30.0 Å². The van der Waals surface area contributed by atoms with Gasteiger partial charge in [0.15, 0.2) is 19.7 Å². The van der Waals surface area contributed by atoms with E-state index in [1.807, 2.05) is 12.1 Å². The summed E-state index contributed by atoms with van der Waals surface area (Å²) in [7, 11) is -10.7. The van der Waals surface area contributed by atoms with E-state index >= 15 is 0 Å². The number of benzene rings is 2. The highest BCUT2D eigenvalue weighted by Gasteiger charge is 2.48. The average Bonchev–Trinajstić information content (AvgIpc) is 3.52. The van der Waals surface area contributed by atoms with Crippen LogP contribution >= 0.6 is 0 Å². The second-order valence-corrected chi connectivity index (χ2v) is 22.7. The summed E-state index contributed by atoms with van der Waals surface area (Å²) in [4.78, 5) is 17.9. The van der Waals surface area contributed by atoms with Gasteiger partial charge in [-0.05, 0) is 78.1 Å². The highest BCUT2D eigenvalue weighted by molar-refractivity contribution is 7.90. The van der Waals surface area contributed by atoms with Gasteiger partial charge in [-0.2, -0.15) is 31.6 Å². The van der Waals surface area contributed by atoms with Crippen LogP contribution in [-0.2, 0) is 37.7 Å². The quantitative estimate of drug-likeness (QED) is 0.0695. The summed E-state index contributed by atoms with van der Waals surface area (Å²) in [6, 6.07) is 16.1. The molecule has 4 heterocycles. The molecule has 0 atom stereocenters. The molecule has 296 valence electrons. The third kappa shape index (κ3) is 8.07. The predicted octanol–water partition coefficient (Wildman–Crippen LogP) is 7.99. The van der Waals surface area contributed by atoms with E-state index in [4.69, 9.17) is 4.43 Å². The second-order valence-electron chi connectivity index (χ2n) is 14.6. The van der Waals surface area contributed by atoms with Gasteiger partial charge in [0.2, 0.25) is 5.95 Å². The number of fused-ring (bicyclic) bond motifs is 2. The van der Waals surface area contributed by atoms with Gasteiger partial charge in [0.25, 0.3) is 10.0 Å². The molecule has 0 radical (unpaired) electrons. The summed E-state index contributed by atoms with van der Waals surface area (Å²) in [6.07, 6.45) is 3.95. The van der Waals surface area contributed by atoms with Crippen molar-refractivity contribution in [3.63, 3.8) is 0 Å². The lowest BCUT2D eigenvalue weighted by Gasteiger charge is -2.36. The number of hydrogen-bond acceptors (Lipinski definition) is 12. The molecule has 0 unspecified atom stereocenters. The first-order chi connectivity index (χ1) is 26.1. The molecule has 2 aromatic carbocycles. The summed E-state index contributed by atoms with van der Waals surface area (Å²) >= 11 is 0. The lowest BCUT2D eigenvalue weighted by Crippen LogP contribution is -2.40. The van der Waals surface area contributed by atoms with Crippen LogP contribution in [0.3, 0.4) is 0 Å². The van der Waals surface area contributed by atoms with Crippen LogP contribution in [0.5, 0.6) is 5.75 Å². The van der Waals surface area contributed by atoms with Crippen LogP contribution in [0.1, 0.15) is 37.6 Å². The van der Waals surface area contributed by atoms with E-state index < -0.39 is 39.7 Å². The van der Waals surface area contributed by atoms with Crippen LogP contribution in [0.25, 0.3) is 33.1 Å². The van der Waals surface area contributed by atoms with Crippen molar-refractivity contribution in [2.24, 2.45) is 0 Å². The van der Waals surface area contributed by atoms with Crippen molar-refractivity contribution >= 4 is 62.2 Å². The molecular weight excluding hydrogens is 788 g/mol. The smallest absolute Gasteiger partial charge is 0.413 e. The van der Waals surface area contributed by atoms with Gasteiger partial charge in [0.1, 0.15) is 5.82 Å². The predicted molar refractivity (Wildman–Crippen MR) is 211 cm³/mol. The molecule has 0 aliphatic rings. The normalized spacial score (nSPS) is 13.0. The molecule has 0 saturated carbocycles. The number of nitrogens with one attached hydrogen (secondary N) is 2. The Balaban J connectivity index is 1.48. The number of aryl methyl sites for hydroxylation is 1. The van der Waals surface area contributed by atoms with Crippen LogP contribution < -0.4 is 14.8 Å². The minimum atomic E-state index is -5.96. The van der Waals surface area contributed by atoms with E-state index in [0.29, 0.717) is 39.9 Å². The molecule has 0 spiro atoms. The van der Waals surface area contributed by atoms with Crippen LogP contribution in [0, 0.1) is 6.92 Å². The largest absolute Gasteiger partial charge is 0.534 e. The van der Waals surface area contributed by atoms with Crippen molar-refractivity contribution in [1.82, 2.24) is 23.9 Å². The minimum Gasteiger partial charge on any atom is -0.413 e. The van der Waals surface area contributed by atoms with Gasteiger partial charge in [-0.15, -0.1) is 0 Å². The molecular formula is C37H40F3N7O6S2Si.